The van der Waals surface area contributed by atoms with Crippen LogP contribution in [-0.4, -0.2) is 18.7 Å². The average Bonchev–Trinajstić information content (AvgIpc) is 3.19. The highest BCUT2D eigenvalue weighted by atomic mass is 16.6. The lowest BCUT2D eigenvalue weighted by Crippen LogP contribution is -2.24. The van der Waals surface area contributed by atoms with Crippen molar-refractivity contribution in [1.29, 1.82) is 0 Å². The van der Waals surface area contributed by atoms with E-state index in [1.165, 1.54) is 0 Å². The van der Waals surface area contributed by atoms with Crippen LogP contribution in [0.4, 0.5) is 0 Å². The minimum atomic E-state index is -0.142. The van der Waals surface area contributed by atoms with Gasteiger partial charge in [0.15, 0.2) is 0 Å². The SMILES string of the molecule is CC(C(=O)OCc1ccccc1)C(C)C1CO1. The zero-order valence-electron chi connectivity index (χ0n) is 10.3. The van der Waals surface area contributed by atoms with Crippen molar-refractivity contribution >= 4 is 5.97 Å². The molecule has 1 aromatic rings. The van der Waals surface area contributed by atoms with Crippen LogP contribution < -0.4 is 0 Å². The molecule has 0 saturated carbocycles. The molecule has 1 aliphatic rings. The second-order valence-corrected chi connectivity index (χ2v) is 4.61. The van der Waals surface area contributed by atoms with Crippen molar-refractivity contribution < 1.29 is 14.3 Å². The summed E-state index contributed by atoms with van der Waals surface area (Å²) in [5.41, 5.74) is 1.02. The van der Waals surface area contributed by atoms with Gasteiger partial charge in [-0.1, -0.05) is 44.2 Å². The largest absolute Gasteiger partial charge is 0.461 e. The highest BCUT2D eigenvalue weighted by Crippen LogP contribution is 2.27. The third-order valence-corrected chi connectivity index (χ3v) is 3.33. The van der Waals surface area contributed by atoms with Crippen LogP contribution in [0.15, 0.2) is 30.3 Å². The highest BCUT2D eigenvalue weighted by Gasteiger charge is 2.36. The van der Waals surface area contributed by atoms with Crippen molar-refractivity contribution in [3.63, 3.8) is 0 Å². The lowest BCUT2D eigenvalue weighted by Gasteiger charge is -2.16. The van der Waals surface area contributed by atoms with E-state index in [0.717, 1.165) is 12.2 Å². The zero-order valence-corrected chi connectivity index (χ0v) is 10.3. The van der Waals surface area contributed by atoms with Crippen LogP contribution in [0.2, 0.25) is 0 Å². The van der Waals surface area contributed by atoms with Gasteiger partial charge in [-0.2, -0.15) is 0 Å². The molecule has 0 bridgehead atoms. The summed E-state index contributed by atoms with van der Waals surface area (Å²) in [5.74, 6) is -0.0126. The lowest BCUT2D eigenvalue weighted by molar-refractivity contribution is -0.151. The Hall–Kier alpha value is -1.35. The lowest BCUT2D eigenvalue weighted by atomic mass is 9.93. The van der Waals surface area contributed by atoms with E-state index in [1.807, 2.05) is 44.2 Å². The fourth-order valence-electron chi connectivity index (χ4n) is 1.76. The van der Waals surface area contributed by atoms with Gasteiger partial charge in [0, 0.05) is 0 Å². The van der Waals surface area contributed by atoms with Crippen LogP contribution in [-0.2, 0) is 20.9 Å². The Kier molecular flexibility index (Phi) is 3.79. The Bertz CT molecular complexity index is 370. The second-order valence-electron chi connectivity index (χ2n) is 4.61. The standard InChI is InChI=1S/C14H18O3/c1-10(13-9-16-13)11(2)14(15)17-8-12-6-4-3-5-7-12/h3-7,10-11,13H,8-9H2,1-2H3. The van der Waals surface area contributed by atoms with Crippen molar-refractivity contribution in [3.05, 3.63) is 35.9 Å². The maximum Gasteiger partial charge on any atom is 0.309 e. The van der Waals surface area contributed by atoms with E-state index < -0.39 is 0 Å². The van der Waals surface area contributed by atoms with Gasteiger partial charge in [0.2, 0.25) is 0 Å². The number of hydrogen-bond donors (Lipinski definition) is 0. The van der Waals surface area contributed by atoms with Crippen molar-refractivity contribution in [2.24, 2.45) is 11.8 Å². The van der Waals surface area contributed by atoms with E-state index in [-0.39, 0.29) is 23.9 Å². The first-order chi connectivity index (χ1) is 8.18. The van der Waals surface area contributed by atoms with Crippen LogP contribution in [0, 0.1) is 11.8 Å². The summed E-state index contributed by atoms with van der Waals surface area (Å²) in [6.07, 6.45) is 0.245. The molecular formula is C14H18O3. The van der Waals surface area contributed by atoms with Crippen molar-refractivity contribution in [2.75, 3.05) is 6.61 Å². The third-order valence-electron chi connectivity index (χ3n) is 3.33. The number of carbonyl (C=O) groups excluding carboxylic acids is 1. The highest BCUT2D eigenvalue weighted by molar-refractivity contribution is 5.72. The predicted octanol–water partition coefficient (Wildman–Crippen LogP) is 2.40. The summed E-state index contributed by atoms with van der Waals surface area (Å²) in [5, 5.41) is 0. The number of rotatable bonds is 5. The molecule has 1 aromatic carbocycles. The summed E-state index contributed by atoms with van der Waals surface area (Å²) in [4.78, 5) is 11.8. The van der Waals surface area contributed by atoms with Gasteiger partial charge in [0.25, 0.3) is 0 Å². The van der Waals surface area contributed by atoms with E-state index >= 15 is 0 Å². The smallest absolute Gasteiger partial charge is 0.309 e. The van der Waals surface area contributed by atoms with Crippen LogP contribution in [0.5, 0.6) is 0 Å². The van der Waals surface area contributed by atoms with Gasteiger partial charge in [-0.25, -0.2) is 0 Å². The molecule has 2 rings (SSSR count). The molecule has 92 valence electrons. The van der Waals surface area contributed by atoms with E-state index in [0.29, 0.717) is 6.61 Å². The molecule has 3 nitrogen and oxygen atoms in total. The normalized spacial score (nSPS) is 21.6. The minimum absolute atomic E-state index is 0.105. The molecule has 3 unspecified atom stereocenters. The van der Waals surface area contributed by atoms with Gasteiger partial charge in [-0.15, -0.1) is 0 Å². The Morgan fingerprint density at radius 2 is 2.06 bits per heavy atom. The second kappa shape index (κ2) is 5.32. The molecular weight excluding hydrogens is 216 g/mol. The monoisotopic (exact) mass is 234 g/mol. The molecule has 0 radical (unpaired) electrons. The fraction of sp³-hybridized carbons (Fsp3) is 0.500. The van der Waals surface area contributed by atoms with Crippen molar-refractivity contribution in [1.82, 2.24) is 0 Å². The molecule has 3 heteroatoms. The predicted molar refractivity (Wildman–Crippen MR) is 64.3 cm³/mol. The van der Waals surface area contributed by atoms with Crippen LogP contribution >= 0.6 is 0 Å². The molecule has 0 amide bonds. The third kappa shape index (κ3) is 3.30. The summed E-state index contributed by atoms with van der Waals surface area (Å²) >= 11 is 0. The van der Waals surface area contributed by atoms with Gasteiger partial charge in [0.05, 0.1) is 18.6 Å². The number of epoxide rings is 1. The van der Waals surface area contributed by atoms with Crippen molar-refractivity contribution in [3.8, 4) is 0 Å². The molecule has 0 aromatic heterocycles. The molecule has 3 atom stereocenters. The summed E-state index contributed by atoms with van der Waals surface area (Å²) < 4.78 is 10.5. The topological polar surface area (TPSA) is 38.8 Å². The first-order valence-electron chi connectivity index (χ1n) is 6.00. The number of benzene rings is 1. The maximum atomic E-state index is 11.8. The first-order valence-corrected chi connectivity index (χ1v) is 6.00. The summed E-state index contributed by atoms with van der Waals surface area (Å²) in [7, 11) is 0. The van der Waals surface area contributed by atoms with Gasteiger partial charge in [-0.3, -0.25) is 4.79 Å². The Labute approximate surface area is 102 Å². The van der Waals surface area contributed by atoms with Gasteiger partial charge in [-0.05, 0) is 11.5 Å². The quantitative estimate of drug-likeness (QED) is 0.580. The summed E-state index contributed by atoms with van der Waals surface area (Å²) in [6, 6.07) is 9.72. The van der Waals surface area contributed by atoms with E-state index in [9.17, 15) is 4.79 Å². The molecule has 1 aliphatic heterocycles. The Balaban J connectivity index is 1.80. The average molecular weight is 234 g/mol. The molecule has 1 saturated heterocycles. The summed E-state index contributed by atoms with van der Waals surface area (Å²) in [6.45, 7) is 5.06. The van der Waals surface area contributed by atoms with Gasteiger partial charge in [0.1, 0.15) is 6.61 Å². The molecule has 1 heterocycles. The number of carbonyl (C=O) groups is 1. The molecule has 0 spiro atoms. The van der Waals surface area contributed by atoms with Crippen molar-refractivity contribution in [2.45, 2.75) is 26.6 Å². The van der Waals surface area contributed by atoms with Gasteiger partial charge < -0.3 is 9.47 Å². The maximum absolute atomic E-state index is 11.8. The van der Waals surface area contributed by atoms with Gasteiger partial charge >= 0.3 is 5.97 Å². The molecule has 17 heavy (non-hydrogen) atoms. The first kappa shape index (κ1) is 12.1. The van der Waals surface area contributed by atoms with Crippen LogP contribution in [0.25, 0.3) is 0 Å². The van der Waals surface area contributed by atoms with E-state index in [2.05, 4.69) is 0 Å². The Morgan fingerprint density at radius 1 is 1.41 bits per heavy atom. The number of esters is 1. The molecule has 0 aliphatic carbocycles. The number of hydrogen-bond acceptors (Lipinski definition) is 3. The molecule has 0 N–H and O–H groups in total. The molecule has 1 fully saturated rings. The van der Waals surface area contributed by atoms with Crippen LogP contribution in [0.3, 0.4) is 0 Å². The zero-order chi connectivity index (χ0) is 12.3. The van der Waals surface area contributed by atoms with E-state index in [1.54, 1.807) is 0 Å². The Morgan fingerprint density at radius 3 is 2.65 bits per heavy atom. The van der Waals surface area contributed by atoms with E-state index in [4.69, 9.17) is 9.47 Å². The number of ether oxygens (including phenoxy) is 2. The minimum Gasteiger partial charge on any atom is -0.461 e. The van der Waals surface area contributed by atoms with Crippen LogP contribution in [0.1, 0.15) is 19.4 Å². The fourth-order valence-corrected chi connectivity index (χ4v) is 1.76.